The highest BCUT2D eigenvalue weighted by Gasteiger charge is 2.47. The number of anilines is 1. The number of carbonyl (C=O) groups is 2. The van der Waals surface area contributed by atoms with Crippen molar-refractivity contribution in [2.24, 2.45) is 11.8 Å². The van der Waals surface area contributed by atoms with Gasteiger partial charge in [0.2, 0.25) is 17.8 Å². The van der Waals surface area contributed by atoms with Crippen molar-refractivity contribution in [1.29, 1.82) is 0 Å². The zero-order valence-electron chi connectivity index (χ0n) is 16.6. The first-order chi connectivity index (χ1) is 13.7. The molecule has 28 heavy (non-hydrogen) atoms. The van der Waals surface area contributed by atoms with Gasteiger partial charge in [0.25, 0.3) is 0 Å². The first kappa shape index (κ1) is 19.3. The van der Waals surface area contributed by atoms with E-state index in [0.717, 1.165) is 83.6 Å². The van der Waals surface area contributed by atoms with Crippen molar-refractivity contribution >= 4 is 17.8 Å². The van der Waals surface area contributed by atoms with Crippen LogP contribution in [-0.4, -0.2) is 70.9 Å². The lowest BCUT2D eigenvalue weighted by atomic mass is 9.81. The van der Waals surface area contributed by atoms with Crippen LogP contribution in [0.3, 0.4) is 0 Å². The van der Waals surface area contributed by atoms with E-state index in [-0.39, 0.29) is 23.7 Å². The Hall–Kier alpha value is -2.02. The normalized spacial score (nSPS) is 26.4. The molecule has 2 unspecified atom stereocenters. The summed E-state index contributed by atoms with van der Waals surface area (Å²) in [5, 5.41) is 0. The van der Waals surface area contributed by atoms with Crippen LogP contribution < -0.4 is 4.90 Å². The van der Waals surface area contributed by atoms with Crippen LogP contribution >= 0.6 is 0 Å². The lowest BCUT2D eigenvalue weighted by Crippen LogP contribution is -2.34. The van der Waals surface area contributed by atoms with Gasteiger partial charge in [-0.2, -0.15) is 0 Å². The molecule has 3 aliphatic rings. The average molecular weight is 386 g/mol. The number of imide groups is 1. The third kappa shape index (κ3) is 4.19. The van der Waals surface area contributed by atoms with Crippen molar-refractivity contribution in [3.63, 3.8) is 0 Å². The zero-order chi connectivity index (χ0) is 19.3. The molecule has 1 aliphatic carbocycles. The molecule has 2 aliphatic heterocycles. The smallest absolute Gasteiger partial charge is 0.233 e. The number of amides is 2. The van der Waals surface area contributed by atoms with Gasteiger partial charge in [-0.25, -0.2) is 9.97 Å². The van der Waals surface area contributed by atoms with Crippen molar-refractivity contribution in [3.05, 3.63) is 18.5 Å². The molecule has 3 fully saturated rings. The Labute approximate surface area is 167 Å². The van der Waals surface area contributed by atoms with Gasteiger partial charge >= 0.3 is 0 Å². The molecular formula is C21H31N5O2. The van der Waals surface area contributed by atoms with E-state index in [1.54, 1.807) is 17.3 Å². The first-order valence-corrected chi connectivity index (χ1v) is 10.8. The Morgan fingerprint density at radius 3 is 2.21 bits per heavy atom. The van der Waals surface area contributed by atoms with E-state index in [9.17, 15) is 9.59 Å². The third-order valence-electron chi connectivity index (χ3n) is 6.46. The lowest BCUT2D eigenvalue weighted by Gasteiger charge is -2.22. The molecule has 0 radical (unpaired) electrons. The molecule has 0 aromatic carbocycles. The molecule has 2 saturated heterocycles. The van der Waals surface area contributed by atoms with E-state index in [1.807, 2.05) is 6.07 Å². The first-order valence-electron chi connectivity index (χ1n) is 10.8. The Morgan fingerprint density at radius 2 is 1.50 bits per heavy atom. The van der Waals surface area contributed by atoms with Crippen LogP contribution in [0.2, 0.25) is 0 Å². The van der Waals surface area contributed by atoms with Crippen molar-refractivity contribution in [2.45, 2.75) is 44.9 Å². The van der Waals surface area contributed by atoms with E-state index in [1.165, 1.54) is 0 Å². The standard InChI is InChI=1S/C21H31N5O2/c27-19-17-7-1-2-8-18(17)20(28)26(19)14-4-3-11-24-12-6-13-25(16-15-24)21-22-9-5-10-23-21/h5,9-10,17-18H,1-4,6-8,11-16H2. The van der Waals surface area contributed by atoms with Gasteiger partial charge in [-0.1, -0.05) is 12.8 Å². The maximum Gasteiger partial charge on any atom is 0.233 e. The molecule has 1 saturated carbocycles. The molecular weight excluding hydrogens is 354 g/mol. The van der Waals surface area contributed by atoms with Crippen molar-refractivity contribution < 1.29 is 9.59 Å². The molecule has 2 amide bonds. The topological polar surface area (TPSA) is 69.6 Å². The predicted octanol–water partition coefficient (Wildman–Crippen LogP) is 1.94. The molecule has 1 aromatic rings. The summed E-state index contributed by atoms with van der Waals surface area (Å²) in [4.78, 5) is 40.1. The fourth-order valence-electron chi connectivity index (χ4n) is 4.91. The Balaban J connectivity index is 1.19. The number of hydrogen-bond acceptors (Lipinski definition) is 6. The minimum atomic E-state index is -0.0157. The van der Waals surface area contributed by atoms with Crippen LogP contribution in [0.25, 0.3) is 0 Å². The van der Waals surface area contributed by atoms with Crippen molar-refractivity contribution in [2.75, 3.05) is 44.2 Å². The number of aromatic nitrogens is 2. The largest absolute Gasteiger partial charge is 0.339 e. The van der Waals surface area contributed by atoms with Gasteiger partial charge in [0.1, 0.15) is 0 Å². The van der Waals surface area contributed by atoms with Gasteiger partial charge in [0.15, 0.2) is 0 Å². The molecule has 3 heterocycles. The summed E-state index contributed by atoms with van der Waals surface area (Å²) in [6.07, 6.45) is 10.6. The summed E-state index contributed by atoms with van der Waals surface area (Å²) < 4.78 is 0. The van der Waals surface area contributed by atoms with E-state index < -0.39 is 0 Å². The van der Waals surface area contributed by atoms with E-state index in [4.69, 9.17) is 0 Å². The van der Waals surface area contributed by atoms with Crippen molar-refractivity contribution in [1.82, 2.24) is 19.8 Å². The van der Waals surface area contributed by atoms with Crippen LogP contribution in [0.4, 0.5) is 5.95 Å². The minimum absolute atomic E-state index is 0.0157. The second-order valence-corrected chi connectivity index (χ2v) is 8.26. The number of hydrogen-bond donors (Lipinski definition) is 0. The summed E-state index contributed by atoms with van der Waals surface area (Å²) in [6.45, 7) is 5.63. The molecule has 1 aromatic heterocycles. The van der Waals surface area contributed by atoms with E-state index in [0.29, 0.717) is 6.54 Å². The number of unbranched alkanes of at least 4 members (excludes halogenated alkanes) is 1. The van der Waals surface area contributed by atoms with Crippen LogP contribution in [-0.2, 0) is 9.59 Å². The van der Waals surface area contributed by atoms with Crippen LogP contribution in [0.15, 0.2) is 18.5 Å². The number of fused-ring (bicyclic) bond motifs is 1. The molecule has 152 valence electrons. The summed E-state index contributed by atoms with van der Waals surface area (Å²) in [7, 11) is 0. The second kappa shape index (κ2) is 8.99. The fraction of sp³-hybridized carbons (Fsp3) is 0.714. The summed E-state index contributed by atoms with van der Waals surface area (Å²) in [5.41, 5.74) is 0. The van der Waals surface area contributed by atoms with Crippen LogP contribution in [0.1, 0.15) is 44.9 Å². The number of likely N-dealkylation sites (tertiary alicyclic amines) is 1. The third-order valence-corrected chi connectivity index (χ3v) is 6.46. The second-order valence-electron chi connectivity index (χ2n) is 8.26. The Bertz CT molecular complexity index is 659. The highest BCUT2D eigenvalue weighted by Crippen LogP contribution is 2.38. The van der Waals surface area contributed by atoms with Gasteiger partial charge in [0.05, 0.1) is 11.8 Å². The van der Waals surface area contributed by atoms with Crippen LogP contribution in [0, 0.1) is 11.8 Å². The number of carbonyl (C=O) groups excluding carboxylic acids is 2. The maximum atomic E-state index is 12.5. The Kier molecular flexibility index (Phi) is 6.20. The van der Waals surface area contributed by atoms with Gasteiger partial charge in [-0.3, -0.25) is 14.5 Å². The molecule has 0 N–H and O–H groups in total. The molecule has 0 bridgehead atoms. The van der Waals surface area contributed by atoms with E-state index in [2.05, 4.69) is 19.8 Å². The predicted molar refractivity (Wildman–Crippen MR) is 107 cm³/mol. The summed E-state index contributed by atoms with van der Waals surface area (Å²) in [5.74, 6) is 0.985. The average Bonchev–Trinajstić information content (AvgIpc) is 2.90. The summed E-state index contributed by atoms with van der Waals surface area (Å²) in [6, 6.07) is 1.85. The van der Waals surface area contributed by atoms with Gasteiger partial charge in [-0.05, 0) is 51.3 Å². The minimum Gasteiger partial charge on any atom is -0.339 e. The molecule has 0 spiro atoms. The lowest BCUT2D eigenvalue weighted by molar-refractivity contribution is -0.140. The molecule has 7 nitrogen and oxygen atoms in total. The fourth-order valence-corrected chi connectivity index (χ4v) is 4.91. The highest BCUT2D eigenvalue weighted by atomic mass is 16.2. The number of nitrogens with zero attached hydrogens (tertiary/aromatic N) is 5. The zero-order valence-corrected chi connectivity index (χ0v) is 16.6. The van der Waals surface area contributed by atoms with Gasteiger partial charge < -0.3 is 9.80 Å². The van der Waals surface area contributed by atoms with Gasteiger partial charge in [-0.15, -0.1) is 0 Å². The SMILES string of the molecule is O=C1C2CCCCC2C(=O)N1CCCCN1CCCN(c2ncccn2)CC1. The van der Waals surface area contributed by atoms with Crippen molar-refractivity contribution in [3.8, 4) is 0 Å². The molecule has 7 heteroatoms. The molecule has 2 atom stereocenters. The highest BCUT2D eigenvalue weighted by molar-refractivity contribution is 6.05. The maximum absolute atomic E-state index is 12.5. The van der Waals surface area contributed by atoms with Gasteiger partial charge in [0, 0.05) is 38.6 Å². The summed E-state index contributed by atoms with van der Waals surface area (Å²) >= 11 is 0. The molecule has 4 rings (SSSR count). The quantitative estimate of drug-likeness (QED) is 0.551. The Morgan fingerprint density at radius 1 is 0.821 bits per heavy atom. The van der Waals surface area contributed by atoms with E-state index >= 15 is 0 Å². The monoisotopic (exact) mass is 385 g/mol. The number of rotatable bonds is 6. The van der Waals surface area contributed by atoms with Crippen LogP contribution in [0.5, 0.6) is 0 Å².